The highest BCUT2D eigenvalue weighted by Gasteiger charge is 2.33. The van der Waals surface area contributed by atoms with Crippen LogP contribution >= 0.6 is 15.9 Å². The lowest BCUT2D eigenvalue weighted by Crippen LogP contribution is -2.06. The molecule has 2 rings (SSSR count). The number of ether oxygens (including phenoxy) is 1. The largest absolute Gasteiger partial charge is 0.432 e. The van der Waals surface area contributed by atoms with Gasteiger partial charge in [0.15, 0.2) is 0 Å². The van der Waals surface area contributed by atoms with Gasteiger partial charge in [-0.2, -0.15) is 13.2 Å². The van der Waals surface area contributed by atoms with Crippen molar-refractivity contribution in [3.05, 3.63) is 50.9 Å². The maximum absolute atomic E-state index is 12.6. The minimum absolute atomic E-state index is 0.0419. The van der Waals surface area contributed by atoms with Crippen molar-refractivity contribution in [2.24, 2.45) is 0 Å². The summed E-state index contributed by atoms with van der Waals surface area (Å²) in [6, 6.07) is 3.29. The summed E-state index contributed by atoms with van der Waals surface area (Å²) in [4.78, 5) is 17.3. The second-order valence-corrected chi connectivity index (χ2v) is 4.53. The third-order valence-electron chi connectivity index (χ3n) is 2.31. The number of nitro groups is 1. The smallest absolute Gasteiger partial charge is 0.416 e. The molecule has 21 heavy (non-hydrogen) atoms. The maximum atomic E-state index is 12.6. The van der Waals surface area contributed by atoms with Crippen molar-refractivity contribution in [2.75, 3.05) is 0 Å². The summed E-state index contributed by atoms with van der Waals surface area (Å²) < 4.78 is 43.1. The van der Waals surface area contributed by atoms with Gasteiger partial charge in [0.2, 0.25) is 11.6 Å². The second-order valence-electron chi connectivity index (χ2n) is 3.72. The molecule has 2 aromatic rings. The Balaban J connectivity index is 2.42. The molecule has 110 valence electrons. The van der Waals surface area contributed by atoms with E-state index in [9.17, 15) is 23.3 Å². The minimum atomic E-state index is -4.68. The molecule has 0 amide bonds. The molecule has 0 bridgehead atoms. The van der Waals surface area contributed by atoms with Crippen molar-refractivity contribution < 1.29 is 22.8 Å². The van der Waals surface area contributed by atoms with Gasteiger partial charge in [-0.05, 0) is 28.1 Å². The molecule has 0 aliphatic heterocycles. The number of hydrogen-bond acceptors (Lipinski definition) is 5. The van der Waals surface area contributed by atoms with E-state index >= 15 is 0 Å². The number of nitrogens with zero attached hydrogens (tertiary/aromatic N) is 3. The highest BCUT2D eigenvalue weighted by Crippen LogP contribution is 2.37. The molecule has 0 radical (unpaired) electrons. The highest BCUT2D eigenvalue weighted by atomic mass is 79.9. The van der Waals surface area contributed by atoms with Crippen molar-refractivity contribution in [3.8, 4) is 11.6 Å². The summed E-state index contributed by atoms with van der Waals surface area (Å²) in [5.74, 6) is -0.390. The molecule has 0 N–H and O–H groups in total. The summed E-state index contributed by atoms with van der Waals surface area (Å²) >= 11 is 3.05. The average molecular weight is 364 g/mol. The van der Waals surface area contributed by atoms with Crippen LogP contribution in [0.15, 0.2) is 35.2 Å². The zero-order valence-corrected chi connectivity index (χ0v) is 11.6. The van der Waals surface area contributed by atoms with Crippen molar-refractivity contribution in [1.29, 1.82) is 0 Å². The van der Waals surface area contributed by atoms with E-state index in [0.717, 1.165) is 12.4 Å². The first kappa shape index (κ1) is 15.2. The Morgan fingerprint density at radius 1 is 1.24 bits per heavy atom. The zero-order valence-electron chi connectivity index (χ0n) is 9.96. The first-order valence-electron chi connectivity index (χ1n) is 5.28. The van der Waals surface area contributed by atoms with Gasteiger partial charge in [-0.25, -0.2) is 9.97 Å². The molecule has 0 atom stereocenters. The molecule has 1 heterocycles. The fourth-order valence-corrected chi connectivity index (χ4v) is 1.70. The van der Waals surface area contributed by atoms with Crippen LogP contribution < -0.4 is 4.74 Å². The monoisotopic (exact) mass is 363 g/mol. The van der Waals surface area contributed by atoms with Crippen LogP contribution in [0.2, 0.25) is 0 Å². The van der Waals surface area contributed by atoms with Gasteiger partial charge in [-0.15, -0.1) is 0 Å². The summed E-state index contributed by atoms with van der Waals surface area (Å²) in [5, 5.41) is 10.9. The normalized spacial score (nSPS) is 11.2. The Bertz CT molecular complexity index is 694. The summed E-state index contributed by atoms with van der Waals surface area (Å²) in [6.07, 6.45) is -3.55. The Morgan fingerprint density at radius 3 is 2.52 bits per heavy atom. The lowest BCUT2D eigenvalue weighted by atomic mass is 10.2. The van der Waals surface area contributed by atoms with Crippen molar-refractivity contribution >= 4 is 21.6 Å². The van der Waals surface area contributed by atoms with Crippen molar-refractivity contribution in [1.82, 2.24) is 9.97 Å². The van der Waals surface area contributed by atoms with E-state index in [2.05, 4.69) is 25.9 Å². The first-order chi connectivity index (χ1) is 9.77. The van der Waals surface area contributed by atoms with E-state index in [1.54, 1.807) is 0 Å². The lowest BCUT2D eigenvalue weighted by Gasteiger charge is -2.09. The van der Waals surface area contributed by atoms with Crippen LogP contribution in [0.25, 0.3) is 0 Å². The first-order valence-corrected chi connectivity index (χ1v) is 6.07. The van der Waals surface area contributed by atoms with E-state index in [1.165, 1.54) is 6.07 Å². The Morgan fingerprint density at radius 2 is 1.95 bits per heavy atom. The van der Waals surface area contributed by atoms with E-state index in [0.29, 0.717) is 16.7 Å². The summed E-state index contributed by atoms with van der Waals surface area (Å²) in [5.41, 5.74) is -1.94. The topological polar surface area (TPSA) is 78.2 Å². The predicted octanol–water partition coefficient (Wildman–Crippen LogP) is 3.96. The molecule has 0 saturated heterocycles. The zero-order chi connectivity index (χ0) is 15.6. The van der Waals surface area contributed by atoms with Crippen LogP contribution in [0.1, 0.15) is 5.56 Å². The number of halogens is 4. The summed E-state index contributed by atoms with van der Waals surface area (Å²) in [7, 11) is 0. The molecular formula is C11H5BrF3N3O3. The standard InChI is InChI=1S/C11H5BrF3N3O3/c12-9-4-10(17-5-16-9)21-8-2-1-6(11(13,14)15)3-7(8)18(19)20/h1-5H. The molecule has 0 aliphatic carbocycles. The second kappa shape index (κ2) is 5.64. The van der Waals surface area contributed by atoms with Crippen molar-refractivity contribution in [2.45, 2.75) is 6.18 Å². The van der Waals surface area contributed by atoms with Gasteiger partial charge in [0.25, 0.3) is 0 Å². The molecular weight excluding hydrogens is 359 g/mol. The van der Waals surface area contributed by atoms with Gasteiger partial charge >= 0.3 is 11.9 Å². The molecule has 0 aliphatic rings. The molecule has 6 nitrogen and oxygen atoms in total. The Kier molecular flexibility index (Phi) is 4.07. The van der Waals surface area contributed by atoms with Gasteiger partial charge < -0.3 is 4.74 Å². The number of rotatable bonds is 3. The van der Waals surface area contributed by atoms with Gasteiger partial charge in [0.05, 0.1) is 10.5 Å². The lowest BCUT2D eigenvalue weighted by molar-refractivity contribution is -0.385. The maximum Gasteiger partial charge on any atom is 0.416 e. The molecule has 0 saturated carbocycles. The van der Waals surface area contributed by atoms with Crippen LogP contribution in [0.5, 0.6) is 11.6 Å². The number of hydrogen-bond donors (Lipinski definition) is 0. The van der Waals surface area contributed by atoms with Crippen LogP contribution in [-0.2, 0) is 6.18 Å². The molecule has 0 fully saturated rings. The number of aromatic nitrogens is 2. The van der Waals surface area contributed by atoms with E-state index in [4.69, 9.17) is 4.74 Å². The molecule has 1 aromatic heterocycles. The average Bonchev–Trinajstić information content (AvgIpc) is 2.37. The van der Waals surface area contributed by atoms with E-state index < -0.39 is 22.4 Å². The quantitative estimate of drug-likeness (QED) is 0.468. The summed E-state index contributed by atoms with van der Waals surface area (Å²) in [6.45, 7) is 0. The molecule has 0 unspecified atom stereocenters. The number of benzene rings is 1. The molecule has 10 heteroatoms. The predicted molar refractivity (Wildman–Crippen MR) is 67.9 cm³/mol. The Hall–Kier alpha value is -2.23. The van der Waals surface area contributed by atoms with Crippen LogP contribution in [0, 0.1) is 10.1 Å². The Labute approximate surface area is 123 Å². The third-order valence-corrected chi connectivity index (χ3v) is 2.74. The highest BCUT2D eigenvalue weighted by molar-refractivity contribution is 9.10. The van der Waals surface area contributed by atoms with Gasteiger partial charge in [0, 0.05) is 12.1 Å². The van der Waals surface area contributed by atoms with Gasteiger partial charge in [0.1, 0.15) is 10.9 Å². The van der Waals surface area contributed by atoms with Gasteiger partial charge in [-0.3, -0.25) is 10.1 Å². The fourth-order valence-electron chi connectivity index (χ4n) is 1.41. The number of alkyl halides is 3. The molecule has 0 spiro atoms. The minimum Gasteiger partial charge on any atom is -0.432 e. The van der Waals surface area contributed by atoms with Crippen LogP contribution in [-0.4, -0.2) is 14.9 Å². The molecule has 1 aromatic carbocycles. The number of nitro benzene ring substituents is 1. The van der Waals surface area contributed by atoms with Crippen LogP contribution in [0.3, 0.4) is 0 Å². The van der Waals surface area contributed by atoms with E-state index in [-0.39, 0.29) is 11.6 Å². The fraction of sp³-hybridized carbons (Fsp3) is 0.0909. The van der Waals surface area contributed by atoms with Gasteiger partial charge in [-0.1, -0.05) is 0 Å². The third kappa shape index (κ3) is 3.66. The van der Waals surface area contributed by atoms with E-state index in [1.807, 2.05) is 0 Å². The van der Waals surface area contributed by atoms with Crippen LogP contribution in [0.4, 0.5) is 18.9 Å². The SMILES string of the molecule is O=[N+]([O-])c1cc(C(F)(F)F)ccc1Oc1cc(Br)ncn1. The van der Waals surface area contributed by atoms with Crippen molar-refractivity contribution in [3.63, 3.8) is 0 Å².